The smallest absolute Gasteiger partial charge is 0.270 e. The van der Waals surface area contributed by atoms with E-state index in [4.69, 9.17) is 4.74 Å². The molecule has 4 rings (SSSR count). The molecule has 0 saturated carbocycles. The molecular weight excluding hydrogens is 338 g/mol. The Kier molecular flexibility index (Phi) is 4.64. The number of fused-ring (bicyclic) bond motifs is 1. The highest BCUT2D eigenvalue weighted by Gasteiger charge is 2.43. The van der Waals surface area contributed by atoms with E-state index in [2.05, 4.69) is 28.3 Å². The average Bonchev–Trinajstić information content (AvgIpc) is 2.66. The second-order valence-corrected chi connectivity index (χ2v) is 7.96. The number of nitrogens with zero attached hydrogens (tertiary/aromatic N) is 2. The van der Waals surface area contributed by atoms with Crippen LogP contribution >= 0.6 is 0 Å². The van der Waals surface area contributed by atoms with Crippen LogP contribution in [0.2, 0.25) is 0 Å². The van der Waals surface area contributed by atoms with Crippen LogP contribution in [-0.2, 0) is 0 Å². The Hall–Kier alpha value is -2.40. The standard InChI is InChI=1S/C22H27N3O2/c1-15-8-9-18(23-16(15)2)21(26)24-19-14-22(10-12-25(3)13-11-22)27-20-7-5-4-6-17(19)20/h4-9,19H,10-14H2,1-3H3,(H,24,26). The Morgan fingerprint density at radius 3 is 2.67 bits per heavy atom. The van der Waals surface area contributed by atoms with Gasteiger partial charge in [-0.15, -0.1) is 0 Å². The molecule has 2 aliphatic rings. The maximum atomic E-state index is 12.9. The van der Waals surface area contributed by atoms with E-state index in [1.54, 1.807) is 6.07 Å². The number of amides is 1. The Balaban J connectivity index is 1.60. The second kappa shape index (κ2) is 6.97. The van der Waals surface area contributed by atoms with Gasteiger partial charge in [-0.05, 0) is 51.4 Å². The lowest BCUT2D eigenvalue weighted by Gasteiger charge is -2.46. The highest BCUT2D eigenvalue weighted by atomic mass is 16.5. The first-order valence-corrected chi connectivity index (χ1v) is 9.67. The predicted octanol–water partition coefficient (Wildman–Crippen LogP) is 3.42. The zero-order chi connectivity index (χ0) is 19.0. The largest absolute Gasteiger partial charge is 0.487 e. The Bertz CT molecular complexity index is 856. The molecule has 1 atom stereocenters. The molecule has 5 heteroatoms. The zero-order valence-electron chi connectivity index (χ0n) is 16.3. The molecule has 142 valence electrons. The van der Waals surface area contributed by atoms with Crippen LogP contribution in [0.1, 0.15) is 52.6 Å². The summed E-state index contributed by atoms with van der Waals surface area (Å²) < 4.78 is 6.47. The van der Waals surface area contributed by atoms with Gasteiger partial charge in [-0.1, -0.05) is 24.3 Å². The molecule has 3 heterocycles. The van der Waals surface area contributed by atoms with Crippen molar-refractivity contribution in [1.29, 1.82) is 0 Å². The topological polar surface area (TPSA) is 54.5 Å². The van der Waals surface area contributed by atoms with Crippen LogP contribution in [0.3, 0.4) is 0 Å². The molecule has 1 unspecified atom stereocenters. The number of benzene rings is 1. The van der Waals surface area contributed by atoms with Gasteiger partial charge in [0.25, 0.3) is 5.91 Å². The molecule has 27 heavy (non-hydrogen) atoms. The summed E-state index contributed by atoms with van der Waals surface area (Å²) in [6.45, 7) is 5.97. The number of aromatic nitrogens is 1. The van der Waals surface area contributed by atoms with Crippen LogP contribution < -0.4 is 10.1 Å². The van der Waals surface area contributed by atoms with Gasteiger partial charge in [0.05, 0.1) is 6.04 Å². The number of ether oxygens (including phenoxy) is 1. The molecule has 1 aromatic heterocycles. The molecule has 1 aromatic carbocycles. The van der Waals surface area contributed by atoms with Gasteiger partial charge in [0.2, 0.25) is 0 Å². The Labute approximate surface area is 160 Å². The van der Waals surface area contributed by atoms with E-state index in [1.807, 2.05) is 38.1 Å². The maximum Gasteiger partial charge on any atom is 0.270 e. The molecular formula is C22H27N3O2. The first kappa shape index (κ1) is 18.0. The van der Waals surface area contributed by atoms with Gasteiger partial charge in [0, 0.05) is 30.8 Å². The van der Waals surface area contributed by atoms with Crippen LogP contribution in [-0.4, -0.2) is 41.5 Å². The fourth-order valence-corrected chi connectivity index (χ4v) is 4.07. The number of nitrogens with one attached hydrogen (secondary N) is 1. The van der Waals surface area contributed by atoms with E-state index >= 15 is 0 Å². The summed E-state index contributed by atoms with van der Waals surface area (Å²) in [6.07, 6.45) is 2.76. The summed E-state index contributed by atoms with van der Waals surface area (Å²) in [4.78, 5) is 19.7. The molecule has 2 aromatic rings. The molecule has 5 nitrogen and oxygen atoms in total. The molecule has 1 saturated heterocycles. The Morgan fingerprint density at radius 2 is 1.93 bits per heavy atom. The third-order valence-corrected chi connectivity index (χ3v) is 5.98. The number of rotatable bonds is 2. The van der Waals surface area contributed by atoms with Crippen LogP contribution in [0, 0.1) is 13.8 Å². The molecule has 1 N–H and O–H groups in total. The first-order valence-electron chi connectivity index (χ1n) is 9.67. The summed E-state index contributed by atoms with van der Waals surface area (Å²) in [7, 11) is 2.15. The maximum absolute atomic E-state index is 12.9. The van der Waals surface area contributed by atoms with Gasteiger partial charge in [-0.3, -0.25) is 4.79 Å². The van der Waals surface area contributed by atoms with E-state index < -0.39 is 0 Å². The van der Waals surface area contributed by atoms with Gasteiger partial charge >= 0.3 is 0 Å². The third kappa shape index (κ3) is 3.56. The minimum absolute atomic E-state index is 0.0609. The van der Waals surface area contributed by atoms with Crippen molar-refractivity contribution in [3.05, 3.63) is 58.9 Å². The summed E-state index contributed by atoms with van der Waals surface area (Å²) >= 11 is 0. The number of piperidine rings is 1. The van der Waals surface area contributed by atoms with Crippen molar-refractivity contribution < 1.29 is 9.53 Å². The van der Waals surface area contributed by atoms with Crippen molar-refractivity contribution in [3.8, 4) is 5.75 Å². The summed E-state index contributed by atoms with van der Waals surface area (Å²) in [5, 5.41) is 3.23. The molecule has 0 bridgehead atoms. The monoisotopic (exact) mass is 365 g/mol. The minimum atomic E-state index is -0.199. The van der Waals surface area contributed by atoms with Gasteiger partial charge in [0.1, 0.15) is 17.0 Å². The highest BCUT2D eigenvalue weighted by molar-refractivity contribution is 5.92. The molecule has 1 amide bonds. The number of hydrogen-bond donors (Lipinski definition) is 1. The number of carbonyl (C=O) groups is 1. The quantitative estimate of drug-likeness (QED) is 0.886. The Morgan fingerprint density at radius 1 is 1.19 bits per heavy atom. The summed E-state index contributed by atoms with van der Waals surface area (Å²) in [5.41, 5.74) is 3.31. The molecule has 2 aliphatic heterocycles. The molecule has 0 aliphatic carbocycles. The highest BCUT2D eigenvalue weighted by Crippen LogP contribution is 2.44. The lowest BCUT2D eigenvalue weighted by molar-refractivity contribution is -0.0196. The fraction of sp³-hybridized carbons (Fsp3) is 0.455. The number of pyridine rings is 1. The lowest BCUT2D eigenvalue weighted by Crippen LogP contribution is -2.51. The number of carbonyl (C=O) groups excluding carboxylic acids is 1. The van der Waals surface area contributed by atoms with Crippen molar-refractivity contribution in [2.45, 2.75) is 44.8 Å². The van der Waals surface area contributed by atoms with Crippen LogP contribution in [0.25, 0.3) is 0 Å². The second-order valence-electron chi connectivity index (χ2n) is 7.96. The van der Waals surface area contributed by atoms with Gasteiger partial charge in [0.15, 0.2) is 0 Å². The SMILES string of the molecule is Cc1ccc(C(=O)NC2CC3(CCN(C)CC3)Oc3ccccc32)nc1C. The molecule has 1 fully saturated rings. The van der Waals surface area contributed by atoms with E-state index in [0.29, 0.717) is 5.69 Å². The first-order chi connectivity index (χ1) is 13.0. The van der Waals surface area contributed by atoms with E-state index in [1.165, 1.54) is 0 Å². The van der Waals surface area contributed by atoms with E-state index in [0.717, 1.165) is 54.9 Å². The lowest BCUT2D eigenvalue weighted by atomic mass is 9.80. The normalized spacial score (nSPS) is 21.4. The number of para-hydroxylation sites is 1. The van der Waals surface area contributed by atoms with Gasteiger partial charge in [-0.2, -0.15) is 0 Å². The van der Waals surface area contributed by atoms with Crippen molar-refractivity contribution in [2.24, 2.45) is 0 Å². The fourth-order valence-electron chi connectivity index (χ4n) is 4.07. The average molecular weight is 365 g/mol. The summed E-state index contributed by atoms with van der Waals surface area (Å²) in [5.74, 6) is 0.773. The predicted molar refractivity (Wildman–Crippen MR) is 105 cm³/mol. The van der Waals surface area contributed by atoms with Gasteiger partial charge < -0.3 is 15.0 Å². The van der Waals surface area contributed by atoms with E-state index in [9.17, 15) is 4.79 Å². The summed E-state index contributed by atoms with van der Waals surface area (Å²) in [6, 6.07) is 11.8. The van der Waals surface area contributed by atoms with Crippen molar-refractivity contribution >= 4 is 5.91 Å². The van der Waals surface area contributed by atoms with Gasteiger partial charge in [-0.25, -0.2) is 4.98 Å². The number of likely N-dealkylation sites (tertiary alicyclic amines) is 1. The number of aryl methyl sites for hydroxylation is 2. The minimum Gasteiger partial charge on any atom is -0.487 e. The van der Waals surface area contributed by atoms with Crippen LogP contribution in [0.15, 0.2) is 36.4 Å². The van der Waals surface area contributed by atoms with Crippen LogP contribution in [0.5, 0.6) is 5.75 Å². The van der Waals surface area contributed by atoms with Crippen molar-refractivity contribution in [2.75, 3.05) is 20.1 Å². The van der Waals surface area contributed by atoms with Crippen molar-refractivity contribution in [1.82, 2.24) is 15.2 Å². The molecule has 0 radical (unpaired) electrons. The third-order valence-electron chi connectivity index (χ3n) is 5.98. The van der Waals surface area contributed by atoms with E-state index in [-0.39, 0.29) is 17.6 Å². The van der Waals surface area contributed by atoms with Crippen LogP contribution in [0.4, 0.5) is 0 Å². The molecule has 1 spiro atoms. The zero-order valence-corrected chi connectivity index (χ0v) is 16.3. The van der Waals surface area contributed by atoms with Crippen molar-refractivity contribution in [3.63, 3.8) is 0 Å². The number of hydrogen-bond acceptors (Lipinski definition) is 4.